The molecule has 2 unspecified atom stereocenters. The van der Waals surface area contributed by atoms with Crippen molar-refractivity contribution in [2.24, 2.45) is 11.8 Å². The summed E-state index contributed by atoms with van der Waals surface area (Å²) >= 11 is 26.3. The number of halogens is 4. The summed E-state index contributed by atoms with van der Waals surface area (Å²) < 4.78 is 11.1. The minimum Gasteiger partial charge on any atom is -0.350 e. The Bertz CT molecular complexity index is 478. The zero-order valence-electron chi connectivity index (χ0n) is 10.2. The standard InChI is InChI=1S/C12H12Cl4O3/c1-18-12(19-2)10(15)5-3-4-6(17)7(5)11(12,16)9(14)8(10)13/h3-5,7-9H,1-2H3/t5-,7-,8?,9?,10+,11-/m0/s1. The van der Waals surface area contributed by atoms with Crippen LogP contribution in [0.1, 0.15) is 0 Å². The minimum absolute atomic E-state index is 0.116. The van der Waals surface area contributed by atoms with Gasteiger partial charge in [0.2, 0.25) is 5.79 Å². The van der Waals surface area contributed by atoms with E-state index >= 15 is 0 Å². The summed E-state index contributed by atoms with van der Waals surface area (Å²) in [6, 6.07) is 0. The quantitative estimate of drug-likeness (QED) is 0.570. The average Bonchev–Trinajstić information content (AvgIpc) is 2.90. The second-order valence-corrected chi connectivity index (χ2v) is 7.32. The lowest BCUT2D eigenvalue weighted by Crippen LogP contribution is -2.58. The fourth-order valence-corrected chi connectivity index (χ4v) is 6.47. The molecule has 0 heterocycles. The Kier molecular flexibility index (Phi) is 3.06. The van der Waals surface area contributed by atoms with Crippen molar-refractivity contribution in [1.82, 2.24) is 0 Å². The van der Waals surface area contributed by atoms with E-state index < -0.39 is 32.2 Å². The highest BCUT2D eigenvalue weighted by Gasteiger charge is 2.89. The summed E-state index contributed by atoms with van der Waals surface area (Å²) in [4.78, 5) is 9.65. The molecule has 7 heteroatoms. The molecule has 3 aliphatic rings. The summed E-state index contributed by atoms with van der Waals surface area (Å²) in [6.07, 6.45) is 3.21. The lowest BCUT2D eigenvalue weighted by atomic mass is 9.79. The van der Waals surface area contributed by atoms with E-state index in [1.807, 2.05) is 0 Å². The molecule has 106 valence electrons. The van der Waals surface area contributed by atoms with E-state index in [9.17, 15) is 4.79 Å². The molecule has 3 aliphatic carbocycles. The van der Waals surface area contributed by atoms with Crippen molar-refractivity contribution in [3.63, 3.8) is 0 Å². The predicted octanol–water partition coefficient (Wildman–Crippen LogP) is 2.54. The largest absolute Gasteiger partial charge is 0.350 e. The number of carbonyl (C=O) groups excluding carboxylic acids is 1. The van der Waals surface area contributed by atoms with Gasteiger partial charge in [-0.25, -0.2) is 0 Å². The van der Waals surface area contributed by atoms with Gasteiger partial charge in [0, 0.05) is 20.1 Å². The fourth-order valence-electron chi connectivity index (χ4n) is 4.01. The lowest BCUT2D eigenvalue weighted by molar-refractivity contribution is -0.223. The first kappa shape index (κ1) is 14.4. The van der Waals surface area contributed by atoms with E-state index in [0.29, 0.717) is 0 Å². The summed E-state index contributed by atoms with van der Waals surface area (Å²) in [6.45, 7) is 0. The normalized spacial score (nSPS) is 53.9. The third-order valence-corrected chi connectivity index (χ3v) is 7.71. The molecule has 0 radical (unpaired) electrons. The molecule has 0 aromatic carbocycles. The number of rotatable bonds is 2. The van der Waals surface area contributed by atoms with Crippen LogP contribution in [-0.4, -0.2) is 46.3 Å². The Morgan fingerprint density at radius 2 is 1.63 bits per heavy atom. The molecule has 6 atom stereocenters. The zero-order chi connectivity index (χ0) is 14.2. The number of fused-ring (bicyclic) bond motifs is 5. The minimum atomic E-state index is -1.41. The van der Waals surface area contributed by atoms with Gasteiger partial charge in [0.1, 0.15) is 9.75 Å². The van der Waals surface area contributed by atoms with Gasteiger partial charge in [0.05, 0.1) is 16.7 Å². The van der Waals surface area contributed by atoms with E-state index in [0.717, 1.165) is 0 Å². The molecule has 0 aliphatic heterocycles. The highest BCUT2D eigenvalue weighted by atomic mass is 35.5. The van der Waals surface area contributed by atoms with Crippen LogP contribution in [0.3, 0.4) is 0 Å². The van der Waals surface area contributed by atoms with Crippen LogP contribution in [0, 0.1) is 11.8 Å². The van der Waals surface area contributed by atoms with E-state index in [4.69, 9.17) is 55.9 Å². The van der Waals surface area contributed by atoms with Crippen molar-refractivity contribution < 1.29 is 14.3 Å². The molecule has 0 amide bonds. The lowest BCUT2D eigenvalue weighted by Gasteiger charge is -2.41. The number of ether oxygens (including phenoxy) is 2. The highest BCUT2D eigenvalue weighted by molar-refractivity contribution is 6.45. The van der Waals surface area contributed by atoms with E-state index in [2.05, 4.69) is 0 Å². The molecule has 0 saturated heterocycles. The number of ketones is 1. The van der Waals surface area contributed by atoms with Crippen molar-refractivity contribution in [3.05, 3.63) is 12.2 Å². The first-order valence-corrected chi connectivity index (χ1v) is 7.44. The molecule has 0 aromatic heterocycles. The number of alkyl halides is 4. The second-order valence-electron chi connectivity index (χ2n) is 5.13. The SMILES string of the molecule is COC1(OC)[C@@]2(Cl)C(Cl)C(Cl)[C@]1(Cl)[C@H]1C=CC(=O)[C@H]12. The second kappa shape index (κ2) is 4.02. The van der Waals surface area contributed by atoms with Crippen LogP contribution in [0.5, 0.6) is 0 Å². The topological polar surface area (TPSA) is 35.5 Å². The van der Waals surface area contributed by atoms with E-state index in [-0.39, 0.29) is 11.7 Å². The molecule has 0 aromatic rings. The number of hydrogen-bond acceptors (Lipinski definition) is 3. The predicted molar refractivity (Wildman–Crippen MR) is 74.3 cm³/mol. The van der Waals surface area contributed by atoms with Crippen LogP contribution in [0.25, 0.3) is 0 Å². The molecule has 2 fully saturated rings. The van der Waals surface area contributed by atoms with Crippen LogP contribution in [0.4, 0.5) is 0 Å². The Morgan fingerprint density at radius 3 is 2.16 bits per heavy atom. The molecule has 2 saturated carbocycles. The van der Waals surface area contributed by atoms with Gasteiger partial charge in [0.15, 0.2) is 5.78 Å². The van der Waals surface area contributed by atoms with Crippen LogP contribution in [0.2, 0.25) is 0 Å². The molecule has 19 heavy (non-hydrogen) atoms. The van der Waals surface area contributed by atoms with Gasteiger partial charge in [0.25, 0.3) is 0 Å². The fraction of sp³-hybridized carbons (Fsp3) is 0.750. The third kappa shape index (κ3) is 1.17. The molecular weight excluding hydrogens is 334 g/mol. The zero-order valence-corrected chi connectivity index (χ0v) is 13.2. The van der Waals surface area contributed by atoms with Gasteiger partial charge in [-0.2, -0.15) is 0 Å². The van der Waals surface area contributed by atoms with Crippen LogP contribution in [0.15, 0.2) is 12.2 Å². The highest BCUT2D eigenvalue weighted by Crippen LogP contribution is 2.74. The molecule has 2 bridgehead atoms. The summed E-state index contributed by atoms with van der Waals surface area (Å²) in [5.41, 5.74) is 0. The number of carbonyl (C=O) groups is 1. The van der Waals surface area contributed by atoms with Crippen LogP contribution in [-0.2, 0) is 14.3 Å². The number of hydrogen-bond donors (Lipinski definition) is 0. The maximum Gasteiger partial charge on any atom is 0.211 e. The summed E-state index contributed by atoms with van der Waals surface area (Å²) in [7, 11) is 2.87. The van der Waals surface area contributed by atoms with Crippen molar-refractivity contribution in [2.75, 3.05) is 14.2 Å². The molecule has 0 spiro atoms. The third-order valence-electron chi connectivity index (χ3n) is 4.71. The van der Waals surface area contributed by atoms with Crippen LogP contribution < -0.4 is 0 Å². The first-order chi connectivity index (χ1) is 8.82. The maximum absolute atomic E-state index is 12.1. The van der Waals surface area contributed by atoms with Crippen LogP contribution >= 0.6 is 46.4 Å². The molecule has 3 rings (SSSR count). The number of allylic oxidation sites excluding steroid dienone is 2. The Labute approximate surface area is 131 Å². The Balaban J connectivity index is 2.30. The van der Waals surface area contributed by atoms with Crippen molar-refractivity contribution in [2.45, 2.75) is 26.3 Å². The van der Waals surface area contributed by atoms with Crippen molar-refractivity contribution >= 4 is 52.2 Å². The van der Waals surface area contributed by atoms with Gasteiger partial charge in [-0.15, -0.1) is 46.4 Å². The number of methoxy groups -OCH3 is 2. The van der Waals surface area contributed by atoms with Gasteiger partial charge < -0.3 is 9.47 Å². The molecule has 0 N–H and O–H groups in total. The van der Waals surface area contributed by atoms with Crippen molar-refractivity contribution in [1.29, 1.82) is 0 Å². The van der Waals surface area contributed by atoms with Gasteiger partial charge in [-0.1, -0.05) is 6.08 Å². The Hall–Kier alpha value is 0.490. The van der Waals surface area contributed by atoms with E-state index in [1.54, 1.807) is 6.08 Å². The molecular formula is C12H12Cl4O3. The smallest absolute Gasteiger partial charge is 0.211 e. The Morgan fingerprint density at radius 1 is 1.11 bits per heavy atom. The van der Waals surface area contributed by atoms with Gasteiger partial charge in [-0.3, -0.25) is 4.79 Å². The van der Waals surface area contributed by atoms with Gasteiger partial charge >= 0.3 is 0 Å². The van der Waals surface area contributed by atoms with Crippen molar-refractivity contribution in [3.8, 4) is 0 Å². The molecule has 3 nitrogen and oxygen atoms in total. The average molecular weight is 346 g/mol. The monoisotopic (exact) mass is 344 g/mol. The summed E-state index contributed by atoms with van der Waals surface area (Å²) in [5.74, 6) is -2.45. The van der Waals surface area contributed by atoms with Gasteiger partial charge in [-0.05, 0) is 6.08 Å². The van der Waals surface area contributed by atoms with E-state index in [1.165, 1.54) is 20.3 Å². The maximum atomic E-state index is 12.1. The summed E-state index contributed by atoms with van der Waals surface area (Å²) in [5, 5.41) is -1.41. The first-order valence-electron chi connectivity index (χ1n) is 5.81.